The third-order valence-electron chi connectivity index (χ3n) is 12.9. The fourth-order valence-corrected chi connectivity index (χ4v) is 8.55. The number of hydrogen-bond donors (Lipinski definition) is 0. The van der Waals surface area contributed by atoms with Crippen LogP contribution in [0.2, 0.25) is 0 Å². The maximum atomic E-state index is 12.8. The van der Waals surface area contributed by atoms with Crippen LogP contribution in [0.5, 0.6) is 0 Å². The van der Waals surface area contributed by atoms with Gasteiger partial charge in [-0.3, -0.25) is 14.4 Å². The zero-order valence-corrected chi connectivity index (χ0v) is 43.8. The van der Waals surface area contributed by atoms with E-state index in [2.05, 4.69) is 45.1 Å². The van der Waals surface area contributed by atoms with Crippen molar-refractivity contribution >= 4 is 17.9 Å². The van der Waals surface area contributed by atoms with Gasteiger partial charge in [0.15, 0.2) is 6.10 Å². The van der Waals surface area contributed by atoms with Crippen molar-refractivity contribution in [2.45, 2.75) is 322 Å². The van der Waals surface area contributed by atoms with E-state index in [0.29, 0.717) is 19.3 Å². The highest BCUT2D eigenvalue weighted by Crippen LogP contribution is 2.17. The molecule has 0 spiro atoms. The van der Waals surface area contributed by atoms with Crippen LogP contribution in [0.4, 0.5) is 0 Å². The van der Waals surface area contributed by atoms with Crippen LogP contribution >= 0.6 is 0 Å². The van der Waals surface area contributed by atoms with E-state index < -0.39 is 6.10 Å². The van der Waals surface area contributed by atoms with Gasteiger partial charge < -0.3 is 14.2 Å². The molecule has 0 aromatic rings. The lowest BCUT2D eigenvalue weighted by atomic mass is 10.0. The molecule has 0 aliphatic carbocycles. The van der Waals surface area contributed by atoms with Crippen molar-refractivity contribution in [3.8, 4) is 0 Å². The maximum Gasteiger partial charge on any atom is 0.306 e. The third kappa shape index (κ3) is 52.7. The number of hydrogen-bond acceptors (Lipinski definition) is 6. The molecular weight excluding hydrogens is 805 g/mol. The molecule has 0 radical (unpaired) electrons. The van der Waals surface area contributed by atoms with E-state index in [9.17, 15) is 14.4 Å². The Hall–Kier alpha value is -2.11. The SMILES string of the molecule is CCCCCCC=CCCCCCCCC(=O)OC[C@H](COC(=O)CCCCCCCCCC=CCCCCCCCC)OC(=O)CCCCCCCCCCCCCCCCCCC. The summed E-state index contributed by atoms with van der Waals surface area (Å²) >= 11 is 0. The Bertz CT molecular complexity index is 1050. The van der Waals surface area contributed by atoms with Crippen LogP contribution in [0.15, 0.2) is 24.3 Å². The van der Waals surface area contributed by atoms with E-state index in [0.717, 1.165) is 64.2 Å². The van der Waals surface area contributed by atoms with Crippen LogP contribution in [-0.2, 0) is 28.6 Å². The van der Waals surface area contributed by atoms with Gasteiger partial charge in [-0.05, 0) is 70.6 Å². The molecule has 0 bridgehead atoms. The molecule has 65 heavy (non-hydrogen) atoms. The molecule has 6 heteroatoms. The number of unbranched alkanes of at least 4 members (excludes halogenated alkanes) is 38. The number of carbonyl (C=O) groups excluding carboxylic acids is 3. The topological polar surface area (TPSA) is 78.9 Å². The normalized spacial score (nSPS) is 12.1. The van der Waals surface area contributed by atoms with E-state index in [1.54, 1.807) is 0 Å². The van der Waals surface area contributed by atoms with Crippen molar-refractivity contribution in [1.82, 2.24) is 0 Å². The minimum absolute atomic E-state index is 0.0719. The molecule has 0 saturated carbocycles. The highest BCUT2D eigenvalue weighted by Gasteiger charge is 2.19. The molecule has 0 N–H and O–H groups in total. The average Bonchev–Trinajstić information content (AvgIpc) is 3.30. The van der Waals surface area contributed by atoms with Gasteiger partial charge in [-0.25, -0.2) is 0 Å². The highest BCUT2D eigenvalue weighted by atomic mass is 16.6. The number of rotatable bonds is 53. The molecule has 0 fully saturated rings. The molecule has 0 rings (SSSR count). The Morgan fingerprint density at radius 1 is 0.292 bits per heavy atom. The van der Waals surface area contributed by atoms with Crippen LogP contribution in [0.1, 0.15) is 316 Å². The molecule has 0 aromatic heterocycles. The molecule has 382 valence electrons. The van der Waals surface area contributed by atoms with Crippen molar-refractivity contribution in [3.63, 3.8) is 0 Å². The molecule has 0 aliphatic rings. The van der Waals surface area contributed by atoms with Gasteiger partial charge in [0.2, 0.25) is 0 Å². The van der Waals surface area contributed by atoms with Gasteiger partial charge in [-0.1, -0.05) is 251 Å². The third-order valence-corrected chi connectivity index (χ3v) is 12.9. The quantitative estimate of drug-likeness (QED) is 0.0262. The van der Waals surface area contributed by atoms with Crippen molar-refractivity contribution in [1.29, 1.82) is 0 Å². The van der Waals surface area contributed by atoms with Gasteiger partial charge >= 0.3 is 17.9 Å². The van der Waals surface area contributed by atoms with Gasteiger partial charge in [0.05, 0.1) is 0 Å². The second-order valence-electron chi connectivity index (χ2n) is 19.6. The van der Waals surface area contributed by atoms with Gasteiger partial charge in [0.25, 0.3) is 0 Å². The van der Waals surface area contributed by atoms with Crippen molar-refractivity contribution < 1.29 is 28.6 Å². The molecular formula is C59H110O6. The van der Waals surface area contributed by atoms with Gasteiger partial charge in [-0.2, -0.15) is 0 Å². The Morgan fingerprint density at radius 3 is 0.785 bits per heavy atom. The fraction of sp³-hybridized carbons (Fsp3) is 0.881. The van der Waals surface area contributed by atoms with E-state index in [4.69, 9.17) is 14.2 Å². The van der Waals surface area contributed by atoms with Crippen molar-refractivity contribution in [3.05, 3.63) is 24.3 Å². The zero-order chi connectivity index (χ0) is 47.2. The number of carbonyl (C=O) groups is 3. The first-order chi connectivity index (χ1) is 32.0. The van der Waals surface area contributed by atoms with Crippen LogP contribution in [0.25, 0.3) is 0 Å². The Balaban J connectivity index is 4.33. The molecule has 0 saturated heterocycles. The monoisotopic (exact) mass is 915 g/mol. The zero-order valence-electron chi connectivity index (χ0n) is 43.8. The number of allylic oxidation sites excluding steroid dienone is 4. The average molecular weight is 916 g/mol. The van der Waals surface area contributed by atoms with Crippen LogP contribution < -0.4 is 0 Å². The second-order valence-corrected chi connectivity index (χ2v) is 19.6. The summed E-state index contributed by atoms with van der Waals surface area (Å²) in [5.74, 6) is -0.865. The summed E-state index contributed by atoms with van der Waals surface area (Å²) in [6.07, 6.45) is 63.1. The van der Waals surface area contributed by atoms with Crippen LogP contribution in [-0.4, -0.2) is 37.2 Å². The first kappa shape index (κ1) is 62.9. The second kappa shape index (κ2) is 54.5. The summed E-state index contributed by atoms with van der Waals surface area (Å²) in [5, 5.41) is 0. The van der Waals surface area contributed by atoms with Crippen molar-refractivity contribution in [2.24, 2.45) is 0 Å². The first-order valence-corrected chi connectivity index (χ1v) is 28.8. The molecule has 6 nitrogen and oxygen atoms in total. The predicted molar refractivity (Wildman–Crippen MR) is 279 cm³/mol. The lowest BCUT2D eigenvalue weighted by Crippen LogP contribution is -2.30. The highest BCUT2D eigenvalue weighted by molar-refractivity contribution is 5.71. The van der Waals surface area contributed by atoms with Crippen LogP contribution in [0, 0.1) is 0 Å². The van der Waals surface area contributed by atoms with Gasteiger partial charge in [0, 0.05) is 19.3 Å². The Kier molecular flexibility index (Phi) is 52.7. The first-order valence-electron chi connectivity index (χ1n) is 28.8. The van der Waals surface area contributed by atoms with Crippen molar-refractivity contribution in [2.75, 3.05) is 13.2 Å². The minimum atomic E-state index is -0.772. The largest absolute Gasteiger partial charge is 0.462 e. The minimum Gasteiger partial charge on any atom is -0.462 e. The molecule has 0 aromatic carbocycles. The summed E-state index contributed by atoms with van der Waals surface area (Å²) < 4.78 is 16.9. The summed E-state index contributed by atoms with van der Waals surface area (Å²) in [5.41, 5.74) is 0. The Morgan fingerprint density at radius 2 is 0.508 bits per heavy atom. The number of ether oxygens (including phenoxy) is 3. The summed E-state index contributed by atoms with van der Waals surface area (Å²) in [7, 11) is 0. The van der Waals surface area contributed by atoms with E-state index in [1.165, 1.54) is 212 Å². The summed E-state index contributed by atoms with van der Waals surface area (Å²) in [4.78, 5) is 38.1. The maximum absolute atomic E-state index is 12.8. The predicted octanol–water partition coefficient (Wildman–Crippen LogP) is 19.1. The summed E-state index contributed by atoms with van der Waals surface area (Å²) in [6.45, 7) is 6.66. The van der Waals surface area contributed by atoms with E-state index in [-0.39, 0.29) is 31.1 Å². The fourth-order valence-electron chi connectivity index (χ4n) is 8.55. The molecule has 0 heterocycles. The standard InChI is InChI=1S/C59H110O6/c1-4-7-10-13-16-19-22-25-27-29-31-34-37-40-43-46-49-52-58(61)64-55-56(54-63-57(60)51-48-45-42-39-36-33-24-21-18-15-12-9-6-3)65-59(62)53-50-47-44-41-38-35-32-30-28-26-23-20-17-14-11-8-5-2/h21,24-25,27,56H,4-20,22-23,26,28-55H2,1-3H3/t56-/m1/s1. The van der Waals surface area contributed by atoms with E-state index in [1.807, 2.05) is 0 Å². The van der Waals surface area contributed by atoms with Gasteiger partial charge in [0.1, 0.15) is 13.2 Å². The summed E-state index contributed by atoms with van der Waals surface area (Å²) in [6, 6.07) is 0. The smallest absolute Gasteiger partial charge is 0.306 e. The van der Waals surface area contributed by atoms with Crippen LogP contribution in [0.3, 0.4) is 0 Å². The molecule has 0 unspecified atom stereocenters. The molecule has 1 atom stereocenters. The number of esters is 3. The molecule has 0 aliphatic heterocycles. The van der Waals surface area contributed by atoms with E-state index >= 15 is 0 Å². The Labute approximate surface area is 404 Å². The molecule has 0 amide bonds. The van der Waals surface area contributed by atoms with Gasteiger partial charge in [-0.15, -0.1) is 0 Å². The lowest BCUT2D eigenvalue weighted by Gasteiger charge is -2.18. The lowest BCUT2D eigenvalue weighted by molar-refractivity contribution is -0.167.